The number of aromatic hydroxyl groups is 1. The molecule has 14 heteroatoms. The number of imide groups is 1. The van der Waals surface area contributed by atoms with Gasteiger partial charge in [-0.05, 0) is 12.1 Å². The summed E-state index contributed by atoms with van der Waals surface area (Å²) >= 11 is 43.1. The molecule has 2 N–H and O–H groups in total. The first-order valence-electron chi connectivity index (χ1n) is 10.9. The van der Waals surface area contributed by atoms with E-state index in [2.05, 4.69) is 4.98 Å². The molecule has 0 spiro atoms. The van der Waals surface area contributed by atoms with E-state index in [0.717, 1.165) is 4.90 Å². The summed E-state index contributed by atoms with van der Waals surface area (Å²) in [4.78, 5) is 45.7. The average molecular weight is 676 g/mol. The van der Waals surface area contributed by atoms with E-state index >= 15 is 0 Å². The minimum atomic E-state index is -0.822. The Kier molecular flexibility index (Phi) is 6.44. The van der Waals surface area contributed by atoms with Crippen LogP contribution in [-0.4, -0.2) is 32.8 Å². The number of carbonyl (C=O) groups is 3. The van der Waals surface area contributed by atoms with E-state index in [9.17, 15) is 24.6 Å². The van der Waals surface area contributed by atoms with Gasteiger partial charge in [0.15, 0.2) is 0 Å². The molecule has 1 aliphatic heterocycles. The van der Waals surface area contributed by atoms with E-state index in [4.69, 9.17) is 81.2 Å². The number of hydrogen-bond donors (Lipinski definition) is 2. The Morgan fingerprint density at radius 2 is 1.18 bits per heavy atom. The maximum atomic E-state index is 13.5. The smallest absolute Gasteiger partial charge is 0.267 e. The summed E-state index contributed by atoms with van der Waals surface area (Å²) in [5, 5.41) is 20.2. The normalized spacial score (nSPS) is 14.6. The number of anilines is 1. The van der Waals surface area contributed by atoms with Crippen molar-refractivity contribution in [2.75, 3.05) is 4.90 Å². The van der Waals surface area contributed by atoms with Crippen LogP contribution in [0.25, 0.3) is 22.2 Å². The first-order chi connectivity index (χ1) is 18.9. The number of allylic oxidation sites excluding steroid dienone is 1. The van der Waals surface area contributed by atoms with Crippen LogP contribution in [0.15, 0.2) is 30.3 Å². The molecular formula is C26H7Cl7N2O5. The van der Waals surface area contributed by atoms with Crippen molar-refractivity contribution < 1.29 is 24.6 Å². The lowest BCUT2D eigenvalue weighted by atomic mass is 10.0. The van der Waals surface area contributed by atoms with Crippen molar-refractivity contribution in [1.82, 2.24) is 4.98 Å². The van der Waals surface area contributed by atoms with E-state index in [1.807, 2.05) is 0 Å². The zero-order valence-electron chi connectivity index (χ0n) is 19.0. The van der Waals surface area contributed by atoms with Gasteiger partial charge in [0.25, 0.3) is 11.8 Å². The number of phenols is 1. The highest BCUT2D eigenvalue weighted by atomic mass is 35.5. The summed E-state index contributed by atoms with van der Waals surface area (Å²) in [5.74, 6) is -3.69. The predicted molar refractivity (Wildman–Crippen MR) is 156 cm³/mol. The molecule has 1 aromatic heterocycles. The summed E-state index contributed by atoms with van der Waals surface area (Å²) in [6, 6.07) is 7.69. The van der Waals surface area contributed by atoms with Crippen LogP contribution in [0.4, 0.5) is 5.69 Å². The average Bonchev–Trinajstić information content (AvgIpc) is 3.35. The number of fused-ring (bicyclic) bond motifs is 3. The van der Waals surface area contributed by atoms with Crippen molar-refractivity contribution in [3.8, 4) is 5.75 Å². The van der Waals surface area contributed by atoms with Crippen LogP contribution in [-0.2, 0) is 0 Å². The topological polar surface area (TPSA) is 108 Å². The molecule has 0 unspecified atom stereocenters. The van der Waals surface area contributed by atoms with Crippen LogP contribution >= 0.6 is 81.2 Å². The molecule has 40 heavy (non-hydrogen) atoms. The second-order valence-electron chi connectivity index (χ2n) is 8.59. The quantitative estimate of drug-likeness (QED) is 0.125. The Morgan fingerprint density at radius 1 is 0.625 bits per heavy atom. The monoisotopic (exact) mass is 672 g/mol. The third kappa shape index (κ3) is 3.53. The fraction of sp³-hybridized carbons (Fsp3) is 0. The van der Waals surface area contributed by atoms with Crippen LogP contribution in [0, 0.1) is 0 Å². The molecular weight excluding hydrogens is 668 g/mol. The number of Topliss-reactive ketones (excluding diaryl/α,β-unsaturated/α-hetero) is 1. The first-order valence-corrected chi connectivity index (χ1v) is 13.6. The summed E-state index contributed by atoms with van der Waals surface area (Å²) in [6.45, 7) is 0. The van der Waals surface area contributed by atoms with Gasteiger partial charge in [0, 0.05) is 5.39 Å². The molecule has 3 aromatic carbocycles. The van der Waals surface area contributed by atoms with E-state index in [1.165, 1.54) is 12.1 Å². The molecule has 0 radical (unpaired) electrons. The fourth-order valence-electron chi connectivity index (χ4n) is 4.71. The van der Waals surface area contributed by atoms with Crippen LogP contribution < -0.4 is 4.90 Å². The molecule has 2 amide bonds. The number of aromatic nitrogens is 1. The molecule has 1 aliphatic carbocycles. The zero-order valence-corrected chi connectivity index (χ0v) is 24.3. The number of phenolic OH excluding ortho intramolecular Hbond substituents is 1. The van der Waals surface area contributed by atoms with Gasteiger partial charge in [-0.1, -0.05) is 99.4 Å². The number of aliphatic hydroxyl groups excluding tert-OH is 1. The first kappa shape index (κ1) is 27.4. The van der Waals surface area contributed by atoms with E-state index in [1.54, 1.807) is 18.2 Å². The fourth-order valence-corrected chi connectivity index (χ4v) is 6.42. The summed E-state index contributed by atoms with van der Waals surface area (Å²) in [6.07, 6.45) is 0. The van der Waals surface area contributed by atoms with Gasteiger partial charge < -0.3 is 10.2 Å². The number of nitrogens with zero attached hydrogens (tertiary/aromatic N) is 2. The minimum Gasteiger partial charge on any atom is -0.506 e. The standard InChI is InChI=1S/C26H7Cl7N2O5/c27-14-10-13(24(38)20(33)19(14)32)23(37)9(22(10)36)7-5-4-6-2-1-3-8(21(6)34-7)35-25(39)11-12(26(35)40)16(29)18(31)17(30)15(11)28/h1-5,37-38H. The number of amides is 2. The van der Waals surface area contributed by atoms with Crippen molar-refractivity contribution >= 4 is 127 Å². The highest BCUT2D eigenvalue weighted by Gasteiger charge is 2.43. The van der Waals surface area contributed by atoms with Gasteiger partial charge >= 0.3 is 0 Å². The van der Waals surface area contributed by atoms with Gasteiger partial charge in [-0.15, -0.1) is 0 Å². The van der Waals surface area contributed by atoms with E-state index < -0.39 is 29.1 Å². The highest BCUT2D eigenvalue weighted by molar-refractivity contribution is 6.57. The summed E-state index contributed by atoms with van der Waals surface area (Å²) < 4.78 is 0. The van der Waals surface area contributed by atoms with Gasteiger partial charge in [0.1, 0.15) is 16.5 Å². The van der Waals surface area contributed by atoms with Crippen molar-refractivity contribution in [2.45, 2.75) is 0 Å². The lowest BCUT2D eigenvalue weighted by molar-refractivity contribution is 0.0925. The molecule has 4 aromatic rings. The molecule has 7 nitrogen and oxygen atoms in total. The van der Waals surface area contributed by atoms with Gasteiger partial charge in [-0.25, -0.2) is 9.88 Å². The molecule has 2 heterocycles. The summed E-state index contributed by atoms with van der Waals surface area (Å²) in [7, 11) is 0. The third-order valence-corrected chi connectivity index (χ3v) is 9.64. The maximum absolute atomic E-state index is 13.5. The SMILES string of the molecule is O=C1C(c2ccc3cccc(N4C(=O)c5c(Cl)c(Cl)c(Cl)c(Cl)c5C4=O)c3n2)=C(O)c2c(O)c(Cl)c(Cl)c(Cl)c21. The molecule has 0 saturated heterocycles. The number of carbonyl (C=O) groups excluding carboxylic acids is 3. The Hall–Kier alpha value is -2.75. The molecule has 200 valence electrons. The zero-order chi connectivity index (χ0) is 28.9. The van der Waals surface area contributed by atoms with Crippen molar-refractivity contribution in [2.24, 2.45) is 0 Å². The van der Waals surface area contributed by atoms with E-state index in [-0.39, 0.29) is 79.9 Å². The van der Waals surface area contributed by atoms with Crippen molar-refractivity contribution in [3.63, 3.8) is 0 Å². The van der Waals surface area contributed by atoms with Crippen LogP contribution in [0.3, 0.4) is 0 Å². The summed E-state index contributed by atoms with van der Waals surface area (Å²) in [5.41, 5.74) is -1.23. The van der Waals surface area contributed by atoms with Gasteiger partial charge in [-0.2, -0.15) is 0 Å². The highest BCUT2D eigenvalue weighted by Crippen LogP contribution is 2.51. The largest absolute Gasteiger partial charge is 0.506 e. The van der Waals surface area contributed by atoms with Crippen LogP contribution in [0.5, 0.6) is 5.75 Å². The molecule has 0 fully saturated rings. The Labute approximate surface area is 259 Å². The Bertz CT molecular complexity index is 1930. The second-order valence-corrected chi connectivity index (χ2v) is 11.2. The predicted octanol–water partition coefficient (Wildman–Crippen LogP) is 8.94. The number of para-hydroxylation sites is 1. The number of pyridine rings is 1. The molecule has 0 bridgehead atoms. The van der Waals surface area contributed by atoms with Gasteiger partial charge in [0.05, 0.1) is 74.9 Å². The van der Waals surface area contributed by atoms with Gasteiger partial charge in [-0.3, -0.25) is 14.4 Å². The number of halogens is 7. The number of rotatable bonds is 2. The Balaban J connectivity index is 1.55. The lowest BCUT2D eigenvalue weighted by Gasteiger charge is -2.16. The number of aliphatic hydroxyl groups is 1. The van der Waals surface area contributed by atoms with Gasteiger partial charge in [0.2, 0.25) is 5.78 Å². The van der Waals surface area contributed by atoms with Crippen LogP contribution in [0.2, 0.25) is 35.2 Å². The number of hydrogen-bond acceptors (Lipinski definition) is 6. The molecule has 6 rings (SSSR count). The maximum Gasteiger partial charge on any atom is 0.267 e. The number of benzene rings is 3. The van der Waals surface area contributed by atoms with Crippen molar-refractivity contribution in [1.29, 1.82) is 0 Å². The second kappa shape index (κ2) is 9.39. The molecule has 0 saturated carbocycles. The molecule has 0 atom stereocenters. The Morgan fingerprint density at radius 3 is 1.77 bits per heavy atom. The minimum absolute atomic E-state index is 0.0277. The lowest BCUT2D eigenvalue weighted by Crippen LogP contribution is -2.29. The van der Waals surface area contributed by atoms with Crippen LogP contribution in [0.1, 0.15) is 42.3 Å². The van der Waals surface area contributed by atoms with E-state index in [0.29, 0.717) is 5.39 Å². The molecule has 2 aliphatic rings. The van der Waals surface area contributed by atoms with Crippen molar-refractivity contribution in [3.05, 3.63) is 93.4 Å². The number of ketones is 1. The third-order valence-electron chi connectivity index (χ3n) is 6.52.